The second-order valence-electron chi connectivity index (χ2n) is 8.65. The number of rotatable bonds is 9. The molecule has 39 heavy (non-hydrogen) atoms. The molecule has 0 aliphatic carbocycles. The molecule has 6 nitrogen and oxygen atoms in total. The van der Waals surface area contributed by atoms with E-state index in [1.54, 1.807) is 55.7 Å². The predicted molar refractivity (Wildman–Crippen MR) is 151 cm³/mol. The van der Waals surface area contributed by atoms with E-state index >= 15 is 0 Å². The minimum Gasteiger partial charge on any atom is -0.497 e. The van der Waals surface area contributed by atoms with Gasteiger partial charge in [-0.15, -0.1) is 0 Å². The van der Waals surface area contributed by atoms with E-state index in [9.17, 15) is 9.59 Å². The molecule has 0 spiro atoms. The third-order valence-electron chi connectivity index (χ3n) is 6.10. The van der Waals surface area contributed by atoms with Crippen molar-refractivity contribution in [1.82, 2.24) is 0 Å². The predicted octanol–water partition coefficient (Wildman–Crippen LogP) is 7.62. The summed E-state index contributed by atoms with van der Waals surface area (Å²) < 4.78 is 22.6. The van der Waals surface area contributed by atoms with Crippen LogP contribution in [-0.4, -0.2) is 25.5 Å². The highest BCUT2D eigenvalue weighted by atomic mass is 16.5. The van der Waals surface area contributed by atoms with Gasteiger partial charge in [0.1, 0.15) is 34.2 Å². The van der Waals surface area contributed by atoms with Crippen LogP contribution in [0.1, 0.15) is 33.2 Å². The first-order chi connectivity index (χ1) is 19.1. The van der Waals surface area contributed by atoms with Crippen molar-refractivity contribution in [2.45, 2.75) is 6.92 Å². The van der Waals surface area contributed by atoms with E-state index in [1.807, 2.05) is 61.5 Å². The smallest absolute Gasteiger partial charge is 0.348 e. The third-order valence-corrected chi connectivity index (χ3v) is 6.10. The fourth-order valence-corrected chi connectivity index (χ4v) is 4.16. The molecular formula is C33H26O6. The number of ether oxygens (including phenoxy) is 3. The zero-order valence-electron chi connectivity index (χ0n) is 21.5. The first-order valence-electron chi connectivity index (χ1n) is 12.5. The molecule has 1 aromatic heterocycles. The summed E-state index contributed by atoms with van der Waals surface area (Å²) in [6, 6.07) is 28.6. The molecule has 0 fully saturated rings. The van der Waals surface area contributed by atoms with Crippen LogP contribution in [0.25, 0.3) is 28.4 Å². The second kappa shape index (κ2) is 11.5. The van der Waals surface area contributed by atoms with E-state index < -0.39 is 5.97 Å². The SMILES string of the molecule is CCOc1ccc2oc(-c3ccccc3)c(C(=O)Oc3ccc(C(=O)/C=C/c4ccc(OC)cc4)cc3)c2c1. The summed E-state index contributed by atoms with van der Waals surface area (Å²) in [5.41, 5.74) is 2.96. The fraction of sp³-hybridized carbons (Fsp3) is 0.0909. The lowest BCUT2D eigenvalue weighted by atomic mass is 10.1. The van der Waals surface area contributed by atoms with Crippen LogP contribution in [0.3, 0.4) is 0 Å². The number of carbonyl (C=O) groups excluding carboxylic acids is 2. The Labute approximate surface area is 226 Å². The monoisotopic (exact) mass is 518 g/mol. The summed E-state index contributed by atoms with van der Waals surface area (Å²) in [4.78, 5) is 26.1. The van der Waals surface area contributed by atoms with E-state index in [0.717, 1.165) is 16.9 Å². The van der Waals surface area contributed by atoms with Gasteiger partial charge in [0.25, 0.3) is 0 Å². The number of fused-ring (bicyclic) bond motifs is 1. The lowest BCUT2D eigenvalue weighted by Gasteiger charge is -2.07. The van der Waals surface area contributed by atoms with Crippen molar-refractivity contribution in [1.29, 1.82) is 0 Å². The van der Waals surface area contributed by atoms with Crippen LogP contribution in [0.4, 0.5) is 0 Å². The van der Waals surface area contributed by atoms with E-state index in [1.165, 1.54) is 6.08 Å². The molecule has 1 heterocycles. The zero-order valence-corrected chi connectivity index (χ0v) is 21.5. The summed E-state index contributed by atoms with van der Waals surface area (Å²) >= 11 is 0. The van der Waals surface area contributed by atoms with Gasteiger partial charge in [-0.1, -0.05) is 48.5 Å². The Morgan fingerprint density at radius 3 is 2.21 bits per heavy atom. The highest BCUT2D eigenvalue weighted by Gasteiger charge is 2.24. The van der Waals surface area contributed by atoms with Gasteiger partial charge in [0.15, 0.2) is 5.78 Å². The van der Waals surface area contributed by atoms with Gasteiger partial charge >= 0.3 is 5.97 Å². The number of hydrogen-bond acceptors (Lipinski definition) is 6. The second-order valence-corrected chi connectivity index (χ2v) is 8.65. The number of esters is 1. The van der Waals surface area contributed by atoms with E-state index in [-0.39, 0.29) is 5.78 Å². The molecule has 0 aliphatic rings. The van der Waals surface area contributed by atoms with Gasteiger partial charge in [0.05, 0.1) is 13.7 Å². The average molecular weight is 519 g/mol. The van der Waals surface area contributed by atoms with Crippen LogP contribution in [0.2, 0.25) is 0 Å². The molecule has 0 aliphatic heterocycles. The normalized spacial score (nSPS) is 11.0. The number of benzene rings is 4. The summed E-state index contributed by atoms with van der Waals surface area (Å²) in [7, 11) is 1.60. The molecule has 194 valence electrons. The first kappa shape index (κ1) is 25.5. The van der Waals surface area contributed by atoms with Crippen LogP contribution >= 0.6 is 0 Å². The molecule has 0 unspecified atom stereocenters. The van der Waals surface area contributed by atoms with Crippen molar-refractivity contribution in [3.8, 4) is 28.6 Å². The van der Waals surface area contributed by atoms with Crippen molar-refractivity contribution in [3.05, 3.63) is 120 Å². The van der Waals surface area contributed by atoms with Crippen LogP contribution < -0.4 is 14.2 Å². The van der Waals surface area contributed by atoms with Crippen molar-refractivity contribution in [3.63, 3.8) is 0 Å². The summed E-state index contributed by atoms with van der Waals surface area (Å²) in [6.45, 7) is 2.39. The largest absolute Gasteiger partial charge is 0.497 e. The standard InChI is InChI=1S/C33H26O6/c1-3-37-27-18-20-30-28(21-27)31(32(39-30)24-7-5-4-6-8-24)33(35)38-26-16-12-23(13-17-26)29(34)19-11-22-9-14-25(36-2)15-10-22/h4-21H,3H2,1-2H3/b19-11+. The number of methoxy groups -OCH3 is 1. The number of ketones is 1. The molecule has 5 rings (SSSR count). The molecule has 0 N–H and O–H groups in total. The summed E-state index contributed by atoms with van der Waals surface area (Å²) in [6.07, 6.45) is 3.24. The fourth-order valence-electron chi connectivity index (χ4n) is 4.16. The van der Waals surface area contributed by atoms with Gasteiger partial charge in [0.2, 0.25) is 0 Å². The van der Waals surface area contributed by atoms with Gasteiger partial charge in [-0.2, -0.15) is 0 Å². The highest BCUT2D eigenvalue weighted by molar-refractivity contribution is 6.10. The Hall–Kier alpha value is -5.10. The molecule has 4 aromatic carbocycles. The summed E-state index contributed by atoms with van der Waals surface area (Å²) in [5.74, 6) is 1.37. The summed E-state index contributed by atoms with van der Waals surface area (Å²) in [5, 5.41) is 0.597. The van der Waals surface area contributed by atoms with Crippen molar-refractivity contribution >= 4 is 28.8 Å². The minimum atomic E-state index is -0.570. The van der Waals surface area contributed by atoms with Gasteiger partial charge in [0, 0.05) is 16.5 Å². The van der Waals surface area contributed by atoms with Gasteiger partial charge in [-0.3, -0.25) is 4.79 Å². The maximum Gasteiger partial charge on any atom is 0.348 e. The van der Waals surface area contributed by atoms with E-state index in [2.05, 4.69) is 0 Å². The third kappa shape index (κ3) is 5.75. The number of allylic oxidation sites excluding steroid dienone is 1. The van der Waals surface area contributed by atoms with Crippen LogP contribution in [-0.2, 0) is 0 Å². The molecule has 0 atom stereocenters. The number of hydrogen-bond donors (Lipinski definition) is 0. The zero-order chi connectivity index (χ0) is 27.2. The van der Waals surface area contributed by atoms with Gasteiger partial charge in [-0.25, -0.2) is 4.79 Å². The van der Waals surface area contributed by atoms with Gasteiger partial charge < -0.3 is 18.6 Å². The van der Waals surface area contributed by atoms with Crippen LogP contribution in [0.5, 0.6) is 17.2 Å². The molecule has 6 heteroatoms. The molecule has 0 saturated carbocycles. The maximum absolute atomic E-state index is 13.5. The number of furan rings is 1. The molecule has 0 amide bonds. The Morgan fingerprint density at radius 1 is 0.821 bits per heavy atom. The quantitative estimate of drug-likeness (QED) is 0.0865. The first-order valence-corrected chi connectivity index (χ1v) is 12.5. The van der Waals surface area contributed by atoms with Crippen LogP contribution in [0.15, 0.2) is 108 Å². The average Bonchev–Trinajstić information content (AvgIpc) is 3.36. The molecule has 0 saturated heterocycles. The Kier molecular flexibility index (Phi) is 7.55. The van der Waals surface area contributed by atoms with E-state index in [4.69, 9.17) is 18.6 Å². The Morgan fingerprint density at radius 2 is 1.51 bits per heavy atom. The molecule has 5 aromatic rings. The minimum absolute atomic E-state index is 0.167. The molecular weight excluding hydrogens is 492 g/mol. The van der Waals surface area contributed by atoms with Gasteiger partial charge in [-0.05, 0) is 73.2 Å². The van der Waals surface area contributed by atoms with E-state index in [0.29, 0.717) is 46.0 Å². The molecule has 0 radical (unpaired) electrons. The maximum atomic E-state index is 13.5. The van der Waals surface area contributed by atoms with Crippen molar-refractivity contribution < 1.29 is 28.2 Å². The molecule has 0 bridgehead atoms. The number of carbonyl (C=O) groups is 2. The highest BCUT2D eigenvalue weighted by Crippen LogP contribution is 2.36. The lowest BCUT2D eigenvalue weighted by molar-refractivity contribution is 0.0737. The van der Waals surface area contributed by atoms with Crippen LogP contribution in [0, 0.1) is 0 Å². The topological polar surface area (TPSA) is 75.0 Å². The Bertz CT molecular complexity index is 1630. The van der Waals surface area contributed by atoms with Crippen molar-refractivity contribution in [2.75, 3.05) is 13.7 Å². The lowest BCUT2D eigenvalue weighted by Crippen LogP contribution is -2.09. The van der Waals surface area contributed by atoms with Crippen molar-refractivity contribution in [2.24, 2.45) is 0 Å². The Balaban J connectivity index is 1.38.